The van der Waals surface area contributed by atoms with Gasteiger partial charge in [-0.15, -0.1) is 0 Å². The second-order valence-corrected chi connectivity index (χ2v) is 9.39. The highest BCUT2D eigenvalue weighted by Gasteiger charge is 2.68. The molecule has 2 saturated carbocycles. The number of fused-ring (bicyclic) bond motifs is 5. The minimum absolute atomic E-state index is 0.0166. The van der Waals surface area contributed by atoms with Gasteiger partial charge in [-0.3, -0.25) is 4.79 Å². The van der Waals surface area contributed by atoms with Gasteiger partial charge in [0, 0.05) is 17.8 Å². The Morgan fingerprint density at radius 2 is 1.96 bits per heavy atom. The lowest BCUT2D eigenvalue weighted by atomic mass is 9.46. The molecule has 4 aliphatic rings. The molecule has 7 atom stereocenters. The van der Waals surface area contributed by atoms with Crippen molar-refractivity contribution in [3.63, 3.8) is 0 Å². The van der Waals surface area contributed by atoms with E-state index >= 15 is 0 Å². The number of carboxylic acid groups (broad SMARTS) is 1. The van der Waals surface area contributed by atoms with Gasteiger partial charge >= 0.3 is 5.97 Å². The molecular formula is C21H28O5. The maximum Gasteiger partial charge on any atom is 0.336 e. The van der Waals surface area contributed by atoms with Gasteiger partial charge in [-0.2, -0.15) is 0 Å². The van der Waals surface area contributed by atoms with Gasteiger partial charge in [-0.05, 0) is 61.5 Å². The van der Waals surface area contributed by atoms with Crippen LogP contribution in [0, 0.1) is 28.6 Å². The first kappa shape index (κ1) is 17.9. The van der Waals surface area contributed by atoms with Crippen molar-refractivity contribution < 1.29 is 24.9 Å². The highest BCUT2D eigenvalue weighted by molar-refractivity contribution is 5.92. The van der Waals surface area contributed by atoms with E-state index in [0.717, 1.165) is 11.1 Å². The number of rotatable bonds is 1. The van der Waals surface area contributed by atoms with Gasteiger partial charge in [0.2, 0.25) is 0 Å². The number of ketones is 1. The molecule has 0 aromatic rings. The third-order valence-electron chi connectivity index (χ3n) is 8.28. The summed E-state index contributed by atoms with van der Waals surface area (Å²) in [5.74, 6) is -1.05. The Morgan fingerprint density at radius 3 is 2.62 bits per heavy atom. The van der Waals surface area contributed by atoms with Crippen LogP contribution >= 0.6 is 0 Å². The first-order valence-corrected chi connectivity index (χ1v) is 9.62. The summed E-state index contributed by atoms with van der Waals surface area (Å²) in [5.41, 5.74) is -0.821. The summed E-state index contributed by atoms with van der Waals surface area (Å²) in [6.07, 6.45) is 5.54. The van der Waals surface area contributed by atoms with E-state index in [1.54, 1.807) is 6.08 Å². The Balaban J connectivity index is 1.85. The fraction of sp³-hybridized carbons (Fsp3) is 0.714. The average molecular weight is 360 g/mol. The van der Waals surface area contributed by atoms with Gasteiger partial charge < -0.3 is 15.3 Å². The van der Waals surface area contributed by atoms with E-state index in [4.69, 9.17) is 0 Å². The second-order valence-electron chi connectivity index (χ2n) is 9.39. The summed E-state index contributed by atoms with van der Waals surface area (Å²) in [7, 11) is 0. The zero-order valence-electron chi connectivity index (χ0n) is 15.7. The van der Waals surface area contributed by atoms with Gasteiger partial charge in [-0.1, -0.05) is 25.5 Å². The molecule has 0 aliphatic heterocycles. The van der Waals surface area contributed by atoms with Crippen LogP contribution in [-0.4, -0.2) is 38.8 Å². The largest absolute Gasteiger partial charge is 0.479 e. The molecule has 142 valence electrons. The summed E-state index contributed by atoms with van der Waals surface area (Å²) in [6, 6.07) is 0. The van der Waals surface area contributed by atoms with Gasteiger partial charge in [0.05, 0.1) is 6.10 Å². The van der Waals surface area contributed by atoms with Crippen molar-refractivity contribution >= 4 is 11.8 Å². The number of hydrogen-bond donors (Lipinski definition) is 3. The SMILES string of the molecule is CC1=C[C@@H]2[C@H]([C@@H](O)C[C@@]3(C)[C@H]2CC[C@]3(O)C(=O)O)[C@@]2(C)CCC(=O)C=C12. The highest BCUT2D eigenvalue weighted by atomic mass is 16.4. The minimum Gasteiger partial charge on any atom is -0.479 e. The number of allylic oxidation sites excluding steroid dienone is 4. The second kappa shape index (κ2) is 5.29. The van der Waals surface area contributed by atoms with Crippen LogP contribution in [0.3, 0.4) is 0 Å². The Kier molecular flexibility index (Phi) is 3.65. The number of carbonyl (C=O) groups is 2. The molecule has 0 saturated heterocycles. The molecule has 0 unspecified atom stereocenters. The van der Waals surface area contributed by atoms with E-state index in [2.05, 4.69) is 13.0 Å². The van der Waals surface area contributed by atoms with Crippen LogP contribution in [0.25, 0.3) is 0 Å². The van der Waals surface area contributed by atoms with E-state index in [9.17, 15) is 24.9 Å². The highest BCUT2D eigenvalue weighted by Crippen LogP contribution is 2.66. The average Bonchev–Trinajstić information content (AvgIpc) is 2.81. The van der Waals surface area contributed by atoms with Crippen molar-refractivity contribution in [2.45, 2.75) is 64.6 Å². The van der Waals surface area contributed by atoms with Crippen LogP contribution in [-0.2, 0) is 9.59 Å². The summed E-state index contributed by atoms with van der Waals surface area (Å²) >= 11 is 0. The minimum atomic E-state index is -1.79. The van der Waals surface area contributed by atoms with Crippen molar-refractivity contribution in [3.05, 3.63) is 23.3 Å². The van der Waals surface area contributed by atoms with Crippen molar-refractivity contribution in [2.24, 2.45) is 28.6 Å². The van der Waals surface area contributed by atoms with Gasteiger partial charge in [0.15, 0.2) is 11.4 Å². The van der Waals surface area contributed by atoms with Crippen molar-refractivity contribution in [1.82, 2.24) is 0 Å². The van der Waals surface area contributed by atoms with Crippen molar-refractivity contribution in [2.75, 3.05) is 0 Å². The standard InChI is InChI=1S/C21H28O5/c1-11-8-13-14-5-7-21(26,18(24)25)20(14,3)10-16(23)17(13)19(2)6-4-12(22)9-15(11)19/h8-9,13-14,16-17,23,26H,4-7,10H2,1-3H3,(H,24,25)/t13-,14-,16-,17+,19-,20-,21-/m0/s1. The molecule has 3 N–H and O–H groups in total. The van der Waals surface area contributed by atoms with Crippen LogP contribution in [0.15, 0.2) is 23.3 Å². The molecule has 4 aliphatic carbocycles. The third-order valence-corrected chi connectivity index (χ3v) is 8.28. The van der Waals surface area contributed by atoms with Gasteiger partial charge in [0.25, 0.3) is 0 Å². The van der Waals surface area contributed by atoms with Crippen LogP contribution in [0.2, 0.25) is 0 Å². The smallest absolute Gasteiger partial charge is 0.336 e. The zero-order valence-corrected chi connectivity index (χ0v) is 15.7. The van der Waals surface area contributed by atoms with Crippen molar-refractivity contribution in [3.8, 4) is 0 Å². The fourth-order valence-electron chi connectivity index (χ4n) is 6.91. The maximum absolute atomic E-state index is 12.0. The predicted octanol–water partition coefficient (Wildman–Crippen LogP) is 2.47. The molecule has 0 amide bonds. The van der Waals surface area contributed by atoms with Crippen LogP contribution in [0.5, 0.6) is 0 Å². The van der Waals surface area contributed by atoms with E-state index in [0.29, 0.717) is 19.3 Å². The number of hydrogen-bond acceptors (Lipinski definition) is 4. The number of aliphatic hydroxyl groups is 2. The zero-order chi connectivity index (χ0) is 19.1. The normalized spacial score (nSPS) is 50.3. The number of carboxylic acids is 1. The van der Waals surface area contributed by atoms with Crippen LogP contribution in [0.4, 0.5) is 0 Å². The first-order valence-electron chi connectivity index (χ1n) is 9.62. The lowest BCUT2D eigenvalue weighted by molar-refractivity contribution is -0.189. The van der Waals surface area contributed by atoms with Crippen LogP contribution in [0.1, 0.15) is 52.9 Å². The molecule has 5 nitrogen and oxygen atoms in total. The third kappa shape index (κ3) is 1.99. The predicted molar refractivity (Wildman–Crippen MR) is 95.2 cm³/mol. The fourth-order valence-corrected chi connectivity index (χ4v) is 6.91. The van der Waals surface area contributed by atoms with E-state index < -0.39 is 23.1 Å². The quantitative estimate of drug-likeness (QED) is 0.668. The Morgan fingerprint density at radius 1 is 1.27 bits per heavy atom. The first-order chi connectivity index (χ1) is 12.0. The van der Waals surface area contributed by atoms with Crippen molar-refractivity contribution in [1.29, 1.82) is 0 Å². The number of carbonyl (C=O) groups excluding carboxylic acids is 1. The molecule has 4 rings (SSSR count). The van der Waals surface area contributed by atoms with E-state index in [-0.39, 0.29) is 41.8 Å². The summed E-state index contributed by atoms with van der Waals surface area (Å²) in [5, 5.41) is 31.8. The van der Waals surface area contributed by atoms with Gasteiger partial charge in [0.1, 0.15) is 0 Å². The van der Waals surface area contributed by atoms with E-state index in [1.807, 2.05) is 13.8 Å². The summed E-state index contributed by atoms with van der Waals surface area (Å²) in [6.45, 7) is 5.98. The molecule has 0 radical (unpaired) electrons. The maximum atomic E-state index is 12.0. The van der Waals surface area contributed by atoms with Crippen LogP contribution < -0.4 is 0 Å². The topological polar surface area (TPSA) is 94.8 Å². The Hall–Kier alpha value is -1.46. The Labute approximate surface area is 153 Å². The lowest BCUT2D eigenvalue weighted by Crippen LogP contribution is -2.61. The monoisotopic (exact) mass is 360 g/mol. The molecular weight excluding hydrogens is 332 g/mol. The summed E-state index contributed by atoms with van der Waals surface area (Å²) < 4.78 is 0. The van der Waals surface area contributed by atoms with Gasteiger partial charge in [-0.25, -0.2) is 4.79 Å². The molecule has 0 spiro atoms. The molecule has 0 aromatic heterocycles. The number of aliphatic carboxylic acids is 1. The molecule has 26 heavy (non-hydrogen) atoms. The molecule has 0 heterocycles. The molecule has 2 fully saturated rings. The Bertz CT molecular complexity index is 752. The van der Waals surface area contributed by atoms with E-state index in [1.165, 1.54) is 0 Å². The molecule has 5 heteroatoms. The molecule has 0 bridgehead atoms. The lowest BCUT2D eigenvalue weighted by Gasteiger charge is -2.59. The summed E-state index contributed by atoms with van der Waals surface area (Å²) in [4.78, 5) is 23.8. The number of aliphatic hydroxyl groups excluding tert-OH is 1. The molecule has 0 aromatic carbocycles.